The molecule has 3 heterocycles. The van der Waals surface area contributed by atoms with Crippen molar-refractivity contribution < 1.29 is 29.0 Å². The quantitative estimate of drug-likeness (QED) is 0.138. The zero-order valence-corrected chi connectivity index (χ0v) is 34.0. The molecule has 8 rings (SSSR count). The molecule has 8 heteroatoms. The summed E-state index contributed by atoms with van der Waals surface area (Å²) >= 11 is 0. The molecule has 2 N–H and O–H groups in total. The van der Waals surface area contributed by atoms with Crippen molar-refractivity contribution in [1.29, 1.82) is 0 Å². The maximum atomic E-state index is 15.1. The summed E-state index contributed by atoms with van der Waals surface area (Å²) in [6.07, 6.45) is 11.4. The van der Waals surface area contributed by atoms with Crippen LogP contribution in [0.1, 0.15) is 140 Å². The van der Waals surface area contributed by atoms with Crippen molar-refractivity contribution in [2.45, 2.75) is 136 Å². The summed E-state index contributed by atoms with van der Waals surface area (Å²) < 4.78 is 15.2. The minimum atomic E-state index is -0.660. The van der Waals surface area contributed by atoms with Gasteiger partial charge in [0.05, 0.1) is 34.3 Å². The Morgan fingerprint density at radius 3 is 2.43 bits per heavy atom. The van der Waals surface area contributed by atoms with Crippen LogP contribution in [0, 0.1) is 28.6 Å². The van der Waals surface area contributed by atoms with Gasteiger partial charge in [-0.25, -0.2) is 0 Å². The number of Topliss-reactive ketones (excluding diaryl/α,β-unsaturated/α-hetero) is 1. The summed E-state index contributed by atoms with van der Waals surface area (Å²) in [6, 6.07) is 1.75. The molecule has 9 atom stereocenters. The molecule has 1 aromatic heterocycles. The molecule has 8 nitrogen and oxygen atoms in total. The number of ether oxygens (including phenoxy) is 2. The van der Waals surface area contributed by atoms with Gasteiger partial charge in [-0.05, 0) is 120 Å². The molecule has 2 aliphatic heterocycles. The number of aliphatic hydroxyl groups is 1. The lowest BCUT2D eigenvalue weighted by Gasteiger charge is -2.64. The van der Waals surface area contributed by atoms with E-state index in [9.17, 15) is 14.7 Å². The SMILES string of the molecule is C=C(C)[C@H]1C(=O)c2c3c(cc4c5c(n1c24)[C@@]1(C)[C@@H](CC[C@H]2[C@](C)(/C=C/C=C(\C)C(=O)NC)[C@@H](O)CC[C@@]21C)C5)C1=CC(C)(C)OC(C)(C)[C@H]1[C@@H]3OC(C)=O. The van der Waals surface area contributed by atoms with Gasteiger partial charge < -0.3 is 24.5 Å². The third-order valence-electron chi connectivity index (χ3n) is 15.3. The van der Waals surface area contributed by atoms with Crippen molar-refractivity contribution in [3.05, 3.63) is 76.0 Å². The molecule has 54 heavy (non-hydrogen) atoms. The van der Waals surface area contributed by atoms with Crippen molar-refractivity contribution in [2.24, 2.45) is 28.6 Å². The highest BCUT2D eigenvalue weighted by molar-refractivity contribution is 6.18. The lowest BCUT2D eigenvalue weighted by Crippen LogP contribution is -2.62. The number of rotatable bonds is 5. The molecule has 288 valence electrons. The molecule has 0 saturated heterocycles. The Hall–Kier alpha value is -3.75. The van der Waals surface area contributed by atoms with Crippen LogP contribution in [0.3, 0.4) is 0 Å². The Kier molecular flexibility index (Phi) is 8.02. The summed E-state index contributed by atoms with van der Waals surface area (Å²) in [5, 5.41) is 15.6. The number of nitrogens with one attached hydrogen (secondary N) is 1. The van der Waals surface area contributed by atoms with E-state index in [1.165, 1.54) is 18.2 Å². The first-order valence-corrected chi connectivity index (χ1v) is 19.9. The largest absolute Gasteiger partial charge is 0.457 e. The number of fused-ring (bicyclic) bond motifs is 11. The zero-order valence-electron chi connectivity index (χ0n) is 34.0. The number of aromatic nitrogens is 1. The molecule has 2 saturated carbocycles. The van der Waals surface area contributed by atoms with Crippen LogP contribution in [-0.4, -0.2) is 51.7 Å². The first kappa shape index (κ1) is 37.2. The standard InChI is InChI=1S/C46H58N2O6/c1-23(2)36-38(51)34-33-27(30-22-42(5,6)54-43(7,8)35(30)39(33)53-25(4)49)21-28-29-20-26-15-16-31-44(9,18-13-14-24(3)41(52)47-12)32(50)17-19-45(31,10)46(26,11)40(29)48(36)37(28)34/h13-14,18,21-22,26,31-32,35-36,39,50H,1,15-17,19-20H2,2-12H3,(H,47,52)/b18-13+,24-14+/t26-,31-,32-,35+,36-,39+,44-,45-,46+/m0/s1. The summed E-state index contributed by atoms with van der Waals surface area (Å²) in [4.78, 5) is 40.2. The van der Waals surface area contributed by atoms with Gasteiger partial charge in [-0.2, -0.15) is 0 Å². The van der Waals surface area contributed by atoms with Crippen LogP contribution in [0.25, 0.3) is 16.5 Å². The number of carbonyl (C=O) groups excluding carboxylic acids is 3. The van der Waals surface area contributed by atoms with Crippen molar-refractivity contribution >= 4 is 34.1 Å². The molecule has 2 fully saturated rings. The van der Waals surface area contributed by atoms with Crippen molar-refractivity contribution in [3.63, 3.8) is 0 Å². The highest BCUT2D eigenvalue weighted by Gasteiger charge is 2.68. The number of aliphatic hydroxyl groups excluding tert-OH is 1. The minimum absolute atomic E-state index is 0.0196. The average molecular weight is 735 g/mol. The second-order valence-electron chi connectivity index (χ2n) is 19.2. The lowest BCUT2D eigenvalue weighted by atomic mass is 9.40. The number of likely N-dealkylation sites (N-methyl/N-ethyl adjacent to an activating group) is 1. The predicted octanol–water partition coefficient (Wildman–Crippen LogP) is 8.42. The van der Waals surface area contributed by atoms with E-state index in [2.05, 4.69) is 83.1 Å². The van der Waals surface area contributed by atoms with E-state index >= 15 is 4.79 Å². The van der Waals surface area contributed by atoms with Crippen LogP contribution >= 0.6 is 0 Å². The number of allylic oxidation sites excluding steroid dienone is 3. The van der Waals surface area contributed by atoms with Gasteiger partial charge in [0.1, 0.15) is 12.1 Å². The first-order valence-electron chi connectivity index (χ1n) is 19.9. The Bertz CT molecular complexity index is 2160. The maximum absolute atomic E-state index is 15.1. The fourth-order valence-electron chi connectivity index (χ4n) is 13.0. The summed E-state index contributed by atoms with van der Waals surface area (Å²) in [7, 11) is 1.63. The Balaban J connectivity index is 1.36. The van der Waals surface area contributed by atoms with E-state index in [0.717, 1.165) is 58.9 Å². The molecule has 1 amide bonds. The molecular weight excluding hydrogens is 677 g/mol. The Morgan fingerprint density at radius 1 is 1.07 bits per heavy atom. The summed E-state index contributed by atoms with van der Waals surface area (Å²) in [5.41, 5.74) is 6.26. The van der Waals surface area contributed by atoms with E-state index in [1.54, 1.807) is 14.0 Å². The number of hydrogen-bond acceptors (Lipinski definition) is 6. The molecule has 0 bridgehead atoms. The molecule has 6 aliphatic rings. The van der Waals surface area contributed by atoms with Gasteiger partial charge in [0.15, 0.2) is 5.78 Å². The predicted molar refractivity (Wildman–Crippen MR) is 211 cm³/mol. The number of carbonyl (C=O) groups is 3. The molecular formula is C46H58N2O6. The third-order valence-corrected chi connectivity index (χ3v) is 15.3. The monoisotopic (exact) mass is 734 g/mol. The molecule has 0 radical (unpaired) electrons. The fraction of sp³-hybridized carbons (Fsp3) is 0.587. The second-order valence-corrected chi connectivity index (χ2v) is 19.2. The number of ketones is 1. The van der Waals surface area contributed by atoms with Crippen LogP contribution in [0.4, 0.5) is 0 Å². The van der Waals surface area contributed by atoms with E-state index in [0.29, 0.717) is 23.5 Å². The van der Waals surface area contributed by atoms with E-state index in [-0.39, 0.29) is 40.3 Å². The highest BCUT2D eigenvalue weighted by Crippen LogP contribution is 2.71. The molecule has 0 spiro atoms. The molecule has 2 aromatic rings. The molecule has 0 unspecified atom stereocenters. The van der Waals surface area contributed by atoms with Gasteiger partial charge in [-0.1, -0.05) is 51.2 Å². The number of amides is 1. The average Bonchev–Trinajstić information content (AvgIpc) is 3.75. The van der Waals surface area contributed by atoms with Gasteiger partial charge in [-0.15, -0.1) is 0 Å². The molecule has 1 aromatic carbocycles. The Morgan fingerprint density at radius 2 is 1.78 bits per heavy atom. The highest BCUT2D eigenvalue weighted by atomic mass is 16.6. The zero-order chi connectivity index (χ0) is 39.2. The van der Waals surface area contributed by atoms with Gasteiger partial charge in [-0.3, -0.25) is 14.4 Å². The van der Waals surface area contributed by atoms with Gasteiger partial charge in [0.2, 0.25) is 5.91 Å². The first-order chi connectivity index (χ1) is 25.1. The van der Waals surface area contributed by atoms with Crippen LogP contribution < -0.4 is 5.32 Å². The van der Waals surface area contributed by atoms with Gasteiger partial charge >= 0.3 is 5.97 Å². The Labute approximate surface area is 320 Å². The minimum Gasteiger partial charge on any atom is -0.457 e. The van der Waals surface area contributed by atoms with Crippen LogP contribution in [0.2, 0.25) is 0 Å². The second kappa shape index (κ2) is 11.6. The van der Waals surface area contributed by atoms with Crippen LogP contribution in [-0.2, 0) is 30.9 Å². The number of hydrogen-bond donors (Lipinski definition) is 2. The van der Waals surface area contributed by atoms with Crippen LogP contribution in [0.5, 0.6) is 0 Å². The fourth-order valence-corrected chi connectivity index (χ4v) is 13.0. The van der Waals surface area contributed by atoms with E-state index in [1.807, 2.05) is 19.1 Å². The number of esters is 1. The van der Waals surface area contributed by atoms with E-state index < -0.39 is 34.9 Å². The van der Waals surface area contributed by atoms with Crippen molar-refractivity contribution in [1.82, 2.24) is 9.88 Å². The summed E-state index contributed by atoms with van der Waals surface area (Å²) in [5.74, 6) is -0.216. The molecule has 4 aliphatic carbocycles. The summed E-state index contributed by atoms with van der Waals surface area (Å²) in [6.45, 7) is 25.0. The maximum Gasteiger partial charge on any atom is 0.303 e. The topological polar surface area (TPSA) is 107 Å². The lowest BCUT2D eigenvalue weighted by molar-refractivity contribution is -0.166. The van der Waals surface area contributed by atoms with Crippen molar-refractivity contribution in [2.75, 3.05) is 7.05 Å². The van der Waals surface area contributed by atoms with E-state index in [4.69, 9.17) is 9.47 Å². The van der Waals surface area contributed by atoms with Gasteiger partial charge in [0.25, 0.3) is 0 Å². The number of benzene rings is 1. The normalized spacial score (nSPS) is 37.0. The van der Waals surface area contributed by atoms with Crippen LogP contribution in [0.15, 0.2) is 48.1 Å². The number of nitrogens with zero attached hydrogens (tertiary/aromatic N) is 1. The smallest absolute Gasteiger partial charge is 0.303 e. The van der Waals surface area contributed by atoms with Gasteiger partial charge in [0, 0.05) is 47.0 Å². The van der Waals surface area contributed by atoms with Crippen molar-refractivity contribution in [3.8, 4) is 0 Å². The third kappa shape index (κ3) is 4.65.